The van der Waals surface area contributed by atoms with Crippen molar-refractivity contribution < 1.29 is 0 Å². The van der Waals surface area contributed by atoms with Crippen molar-refractivity contribution in [1.82, 2.24) is 20.1 Å². The molecule has 1 atom stereocenters. The van der Waals surface area contributed by atoms with Gasteiger partial charge in [-0.3, -0.25) is 4.99 Å². The van der Waals surface area contributed by atoms with Gasteiger partial charge in [-0.2, -0.15) is 0 Å². The lowest BCUT2D eigenvalue weighted by atomic mass is 10.1. The Morgan fingerprint density at radius 3 is 2.42 bits per heavy atom. The largest absolute Gasteiger partial charge is 0.355 e. The zero-order valence-corrected chi connectivity index (χ0v) is 14.9. The summed E-state index contributed by atoms with van der Waals surface area (Å²) in [6.07, 6.45) is 5.15. The molecule has 2 rings (SSSR count). The minimum atomic E-state index is 0.412. The van der Waals surface area contributed by atoms with E-state index in [0.717, 1.165) is 32.0 Å². The van der Waals surface area contributed by atoms with Crippen molar-refractivity contribution in [2.75, 3.05) is 34.2 Å². The first-order chi connectivity index (χ1) is 11.7. The third-order valence-corrected chi connectivity index (χ3v) is 4.10. The highest BCUT2D eigenvalue weighted by atomic mass is 15.2. The van der Waals surface area contributed by atoms with Gasteiger partial charge < -0.3 is 20.1 Å². The predicted molar refractivity (Wildman–Crippen MR) is 101 cm³/mol. The quantitative estimate of drug-likeness (QED) is 0.574. The van der Waals surface area contributed by atoms with Gasteiger partial charge in [0.2, 0.25) is 0 Å². The summed E-state index contributed by atoms with van der Waals surface area (Å²) < 4.78 is 2.15. The number of hydrogen-bond donors (Lipinski definition) is 2. The normalized spacial score (nSPS) is 13.1. The van der Waals surface area contributed by atoms with Gasteiger partial charge in [-0.15, -0.1) is 0 Å². The molecule has 0 amide bonds. The zero-order valence-electron chi connectivity index (χ0n) is 14.9. The molecule has 5 heteroatoms. The van der Waals surface area contributed by atoms with Gasteiger partial charge in [-0.1, -0.05) is 30.3 Å². The third-order valence-electron chi connectivity index (χ3n) is 4.10. The molecule has 1 heterocycles. The molecule has 5 nitrogen and oxygen atoms in total. The van der Waals surface area contributed by atoms with Crippen molar-refractivity contribution in [2.45, 2.75) is 19.0 Å². The molecule has 0 bridgehead atoms. The van der Waals surface area contributed by atoms with Gasteiger partial charge in [0.25, 0.3) is 0 Å². The summed E-state index contributed by atoms with van der Waals surface area (Å²) in [6.45, 7) is 2.62. The lowest BCUT2D eigenvalue weighted by Crippen LogP contribution is -2.46. The molecule has 0 spiro atoms. The summed E-state index contributed by atoms with van der Waals surface area (Å²) in [5.41, 5.74) is 1.36. The maximum absolute atomic E-state index is 4.31. The monoisotopic (exact) mass is 327 g/mol. The number of rotatable bonds is 8. The summed E-state index contributed by atoms with van der Waals surface area (Å²) in [6, 6.07) is 15.1. The second-order valence-corrected chi connectivity index (χ2v) is 6.11. The van der Waals surface area contributed by atoms with Crippen molar-refractivity contribution in [1.29, 1.82) is 0 Å². The van der Waals surface area contributed by atoms with E-state index in [1.54, 1.807) is 0 Å². The molecule has 0 aliphatic carbocycles. The minimum absolute atomic E-state index is 0.412. The first-order valence-corrected chi connectivity index (χ1v) is 8.44. The van der Waals surface area contributed by atoms with Gasteiger partial charge in [0.05, 0.1) is 0 Å². The Labute approximate surface area is 145 Å². The zero-order chi connectivity index (χ0) is 17.2. The molecule has 1 aromatic carbocycles. The summed E-state index contributed by atoms with van der Waals surface area (Å²) in [5.74, 6) is 0.849. The number of aliphatic imine (C=N–C) groups is 1. The summed E-state index contributed by atoms with van der Waals surface area (Å²) >= 11 is 0. The van der Waals surface area contributed by atoms with Crippen LogP contribution in [-0.2, 0) is 13.0 Å². The average Bonchev–Trinajstić information content (AvgIpc) is 3.10. The fourth-order valence-electron chi connectivity index (χ4n) is 2.58. The number of nitrogens with one attached hydrogen (secondary N) is 2. The molecule has 0 saturated heterocycles. The summed E-state index contributed by atoms with van der Waals surface area (Å²) in [4.78, 5) is 6.57. The Morgan fingerprint density at radius 2 is 1.79 bits per heavy atom. The molecule has 0 fully saturated rings. The Morgan fingerprint density at radius 1 is 1.08 bits per heavy atom. The topological polar surface area (TPSA) is 44.6 Å². The number of guanidine groups is 1. The van der Waals surface area contributed by atoms with Crippen LogP contribution in [-0.4, -0.2) is 55.7 Å². The van der Waals surface area contributed by atoms with Crippen LogP contribution in [0.25, 0.3) is 0 Å². The molecule has 0 aliphatic rings. The van der Waals surface area contributed by atoms with E-state index in [2.05, 4.69) is 81.9 Å². The lowest BCUT2D eigenvalue weighted by Gasteiger charge is -2.25. The van der Waals surface area contributed by atoms with Crippen LogP contribution in [0.5, 0.6) is 0 Å². The molecular formula is C19H29N5. The lowest BCUT2D eigenvalue weighted by molar-refractivity contribution is 0.290. The Hall–Kier alpha value is -2.27. The van der Waals surface area contributed by atoms with Crippen LogP contribution in [0.3, 0.4) is 0 Å². The third kappa shape index (κ3) is 6.08. The fourth-order valence-corrected chi connectivity index (χ4v) is 2.58. The molecule has 1 aromatic heterocycles. The van der Waals surface area contributed by atoms with E-state index in [4.69, 9.17) is 0 Å². The van der Waals surface area contributed by atoms with Crippen molar-refractivity contribution in [3.63, 3.8) is 0 Å². The number of aromatic nitrogens is 1. The molecule has 0 radical (unpaired) electrons. The maximum atomic E-state index is 4.31. The smallest absolute Gasteiger partial charge is 0.191 e. The van der Waals surface area contributed by atoms with Crippen LogP contribution < -0.4 is 10.6 Å². The predicted octanol–water partition coefficient (Wildman–Crippen LogP) is 1.83. The van der Waals surface area contributed by atoms with Crippen LogP contribution in [0.15, 0.2) is 59.9 Å². The van der Waals surface area contributed by atoms with Crippen molar-refractivity contribution >= 4 is 5.96 Å². The highest BCUT2D eigenvalue weighted by molar-refractivity contribution is 5.79. The van der Waals surface area contributed by atoms with E-state index >= 15 is 0 Å². The first-order valence-electron chi connectivity index (χ1n) is 8.44. The number of benzene rings is 1. The van der Waals surface area contributed by atoms with Crippen molar-refractivity contribution in [3.8, 4) is 0 Å². The summed E-state index contributed by atoms with van der Waals surface area (Å²) in [7, 11) is 6.06. The molecule has 2 aromatic rings. The fraction of sp³-hybridized carbons (Fsp3) is 0.421. The number of nitrogens with zero attached hydrogens (tertiary/aromatic N) is 3. The van der Waals surface area contributed by atoms with Gasteiger partial charge >= 0.3 is 0 Å². The Bertz CT molecular complexity index is 589. The molecular weight excluding hydrogens is 298 g/mol. The highest BCUT2D eigenvalue weighted by Crippen LogP contribution is 2.06. The number of hydrogen-bond acceptors (Lipinski definition) is 2. The Kier molecular flexibility index (Phi) is 7.36. The van der Waals surface area contributed by atoms with Crippen molar-refractivity contribution in [2.24, 2.45) is 4.99 Å². The summed E-state index contributed by atoms with van der Waals surface area (Å²) in [5, 5.41) is 6.80. The van der Waals surface area contributed by atoms with Crippen molar-refractivity contribution in [3.05, 3.63) is 60.4 Å². The van der Waals surface area contributed by atoms with Gasteiger partial charge in [0, 0.05) is 45.1 Å². The van der Waals surface area contributed by atoms with Gasteiger partial charge in [0.15, 0.2) is 5.96 Å². The second kappa shape index (κ2) is 9.78. The van der Waals surface area contributed by atoms with Gasteiger partial charge in [-0.25, -0.2) is 0 Å². The SMILES string of the molecule is CN=C(NCCn1cccc1)NCC(Cc1ccccc1)N(C)C. The molecule has 0 aliphatic heterocycles. The highest BCUT2D eigenvalue weighted by Gasteiger charge is 2.12. The van der Waals surface area contributed by atoms with Crippen LogP contribution in [0, 0.1) is 0 Å². The van der Waals surface area contributed by atoms with Crippen LogP contribution in [0.2, 0.25) is 0 Å². The molecule has 2 N–H and O–H groups in total. The van der Waals surface area contributed by atoms with E-state index in [1.165, 1.54) is 5.56 Å². The average molecular weight is 327 g/mol. The van der Waals surface area contributed by atoms with Crippen LogP contribution in [0.4, 0.5) is 0 Å². The molecule has 1 unspecified atom stereocenters. The van der Waals surface area contributed by atoms with E-state index in [9.17, 15) is 0 Å². The molecule has 24 heavy (non-hydrogen) atoms. The molecule has 0 saturated carbocycles. The second-order valence-electron chi connectivity index (χ2n) is 6.11. The Balaban J connectivity index is 1.78. The van der Waals surface area contributed by atoms with E-state index in [1.807, 2.05) is 19.2 Å². The van der Waals surface area contributed by atoms with Gasteiger partial charge in [-0.05, 0) is 38.2 Å². The van der Waals surface area contributed by atoms with E-state index in [-0.39, 0.29) is 0 Å². The standard InChI is InChI=1S/C19H29N5/c1-20-19(21-11-14-24-12-7-8-13-24)22-16-18(23(2)3)15-17-9-5-4-6-10-17/h4-10,12-13,18H,11,14-16H2,1-3H3,(H2,20,21,22). The minimum Gasteiger partial charge on any atom is -0.355 e. The molecule has 130 valence electrons. The number of likely N-dealkylation sites (N-methyl/N-ethyl adjacent to an activating group) is 1. The van der Waals surface area contributed by atoms with Crippen LogP contribution in [0.1, 0.15) is 5.56 Å². The van der Waals surface area contributed by atoms with E-state index in [0.29, 0.717) is 6.04 Å². The first kappa shape index (κ1) is 18.1. The maximum Gasteiger partial charge on any atom is 0.191 e. The van der Waals surface area contributed by atoms with Crippen LogP contribution >= 0.6 is 0 Å². The van der Waals surface area contributed by atoms with E-state index < -0.39 is 0 Å². The van der Waals surface area contributed by atoms with Gasteiger partial charge in [0.1, 0.15) is 0 Å².